The van der Waals surface area contributed by atoms with Crippen LogP contribution in [0.2, 0.25) is 0 Å². The Balaban J connectivity index is 1.42. The highest BCUT2D eigenvalue weighted by atomic mass is 16.7. The molecule has 5 rings (SSSR count). The van der Waals surface area contributed by atoms with E-state index in [1.165, 1.54) is 5.56 Å². The van der Waals surface area contributed by atoms with Gasteiger partial charge in [0.1, 0.15) is 0 Å². The van der Waals surface area contributed by atoms with Gasteiger partial charge in [0, 0.05) is 30.5 Å². The van der Waals surface area contributed by atoms with E-state index in [9.17, 15) is 4.79 Å². The standard InChI is InChI=1S/C27H24N2O3/c30-27(23-13-14-25-26(16-23)32-20-31-25)29(18-22-10-5-2-6-11-22)19-24-12-7-15-28(24)17-21-8-3-1-4-9-21/h1-16H,17-20H2. The smallest absolute Gasteiger partial charge is 0.254 e. The first-order chi connectivity index (χ1) is 15.8. The van der Waals surface area contributed by atoms with Gasteiger partial charge in [0.15, 0.2) is 11.5 Å². The normalized spacial score (nSPS) is 12.0. The van der Waals surface area contributed by atoms with Gasteiger partial charge < -0.3 is 18.9 Å². The predicted octanol–water partition coefficient (Wildman–Crippen LogP) is 5.11. The molecule has 1 aliphatic heterocycles. The molecule has 0 saturated heterocycles. The van der Waals surface area contributed by atoms with Crippen LogP contribution in [0.3, 0.4) is 0 Å². The van der Waals surface area contributed by atoms with Crippen LogP contribution in [0.1, 0.15) is 27.2 Å². The third-order valence-electron chi connectivity index (χ3n) is 5.60. The summed E-state index contributed by atoms with van der Waals surface area (Å²) in [5.74, 6) is 1.25. The lowest BCUT2D eigenvalue weighted by atomic mass is 10.1. The van der Waals surface area contributed by atoms with Gasteiger partial charge in [-0.2, -0.15) is 0 Å². The highest BCUT2D eigenvalue weighted by Crippen LogP contribution is 2.33. The molecule has 1 aromatic heterocycles. The second-order valence-corrected chi connectivity index (χ2v) is 7.83. The van der Waals surface area contributed by atoms with E-state index in [1.807, 2.05) is 59.5 Å². The summed E-state index contributed by atoms with van der Waals surface area (Å²) in [5, 5.41) is 0. The monoisotopic (exact) mass is 424 g/mol. The molecule has 160 valence electrons. The van der Waals surface area contributed by atoms with Crippen LogP contribution >= 0.6 is 0 Å². The van der Waals surface area contributed by atoms with Gasteiger partial charge in [0.05, 0.1) is 6.54 Å². The Morgan fingerprint density at radius 1 is 0.781 bits per heavy atom. The van der Waals surface area contributed by atoms with E-state index in [0.29, 0.717) is 30.2 Å². The maximum atomic E-state index is 13.6. The molecule has 0 radical (unpaired) electrons. The molecular weight excluding hydrogens is 400 g/mol. The van der Waals surface area contributed by atoms with Crippen LogP contribution in [0.5, 0.6) is 11.5 Å². The van der Waals surface area contributed by atoms with Gasteiger partial charge in [-0.1, -0.05) is 60.7 Å². The number of carbonyl (C=O) groups is 1. The van der Waals surface area contributed by atoms with Crippen molar-refractivity contribution in [2.24, 2.45) is 0 Å². The number of ether oxygens (including phenoxy) is 2. The number of hydrogen-bond donors (Lipinski definition) is 0. The van der Waals surface area contributed by atoms with Crippen LogP contribution in [-0.4, -0.2) is 22.2 Å². The van der Waals surface area contributed by atoms with Crippen LogP contribution in [0.25, 0.3) is 0 Å². The number of benzene rings is 3. The minimum atomic E-state index is -0.0420. The van der Waals surface area contributed by atoms with E-state index < -0.39 is 0 Å². The van der Waals surface area contributed by atoms with E-state index >= 15 is 0 Å². The van der Waals surface area contributed by atoms with Crippen molar-refractivity contribution in [3.8, 4) is 11.5 Å². The Kier molecular flexibility index (Phi) is 5.62. The zero-order valence-corrected chi connectivity index (χ0v) is 17.7. The van der Waals surface area contributed by atoms with Gasteiger partial charge >= 0.3 is 0 Å². The molecule has 0 saturated carbocycles. The van der Waals surface area contributed by atoms with Gasteiger partial charge in [-0.3, -0.25) is 4.79 Å². The fourth-order valence-electron chi connectivity index (χ4n) is 3.94. The molecule has 0 N–H and O–H groups in total. The van der Waals surface area contributed by atoms with E-state index in [1.54, 1.807) is 18.2 Å². The Bertz CT molecular complexity index is 1200. The minimum Gasteiger partial charge on any atom is -0.454 e. The van der Waals surface area contributed by atoms with Crippen molar-refractivity contribution in [1.29, 1.82) is 0 Å². The molecule has 0 spiro atoms. The molecule has 1 amide bonds. The van der Waals surface area contributed by atoms with E-state index in [0.717, 1.165) is 17.8 Å². The predicted molar refractivity (Wildman–Crippen MR) is 123 cm³/mol. The minimum absolute atomic E-state index is 0.0420. The Morgan fingerprint density at radius 2 is 1.50 bits per heavy atom. The van der Waals surface area contributed by atoms with Crippen molar-refractivity contribution in [2.45, 2.75) is 19.6 Å². The highest BCUT2D eigenvalue weighted by molar-refractivity contribution is 5.95. The number of nitrogens with zero attached hydrogens (tertiary/aromatic N) is 2. The number of fused-ring (bicyclic) bond motifs is 1. The summed E-state index contributed by atoms with van der Waals surface area (Å²) in [6, 6.07) is 29.9. The summed E-state index contributed by atoms with van der Waals surface area (Å²) in [7, 11) is 0. The Hall–Kier alpha value is -3.99. The number of rotatable bonds is 7. The second-order valence-electron chi connectivity index (χ2n) is 7.83. The average Bonchev–Trinajstić information content (AvgIpc) is 3.48. The lowest BCUT2D eigenvalue weighted by molar-refractivity contribution is 0.0726. The van der Waals surface area contributed by atoms with Crippen molar-refractivity contribution < 1.29 is 14.3 Å². The molecular formula is C27H24N2O3. The molecule has 2 heterocycles. The average molecular weight is 425 g/mol. The van der Waals surface area contributed by atoms with Crippen LogP contribution in [0.4, 0.5) is 0 Å². The van der Waals surface area contributed by atoms with E-state index in [4.69, 9.17) is 9.47 Å². The maximum absolute atomic E-state index is 13.6. The van der Waals surface area contributed by atoms with Gasteiger partial charge in [-0.25, -0.2) is 0 Å². The summed E-state index contributed by atoms with van der Waals surface area (Å²) in [4.78, 5) is 15.4. The van der Waals surface area contributed by atoms with Crippen LogP contribution < -0.4 is 9.47 Å². The first kappa shape index (κ1) is 19.9. The SMILES string of the molecule is O=C(c1ccc2c(c1)OCO2)N(Cc1ccccc1)Cc1cccn1Cc1ccccc1. The van der Waals surface area contributed by atoms with Crippen LogP contribution in [-0.2, 0) is 19.6 Å². The number of aromatic nitrogens is 1. The molecule has 3 aromatic carbocycles. The van der Waals surface area contributed by atoms with Crippen molar-refractivity contribution in [3.05, 3.63) is 120 Å². The Labute approximate surface area is 187 Å². The summed E-state index contributed by atoms with van der Waals surface area (Å²) in [6.07, 6.45) is 2.06. The van der Waals surface area contributed by atoms with E-state index in [2.05, 4.69) is 29.0 Å². The van der Waals surface area contributed by atoms with Crippen LogP contribution in [0, 0.1) is 0 Å². The van der Waals surface area contributed by atoms with Crippen molar-refractivity contribution in [1.82, 2.24) is 9.47 Å². The summed E-state index contributed by atoms with van der Waals surface area (Å²) >= 11 is 0. The first-order valence-electron chi connectivity index (χ1n) is 10.7. The zero-order valence-electron chi connectivity index (χ0n) is 17.7. The second kappa shape index (κ2) is 9.02. The van der Waals surface area contributed by atoms with Crippen molar-refractivity contribution in [3.63, 3.8) is 0 Å². The van der Waals surface area contributed by atoms with Crippen LogP contribution in [0.15, 0.2) is 97.2 Å². The summed E-state index contributed by atoms with van der Waals surface area (Å²) in [6.45, 7) is 1.97. The fourth-order valence-corrected chi connectivity index (χ4v) is 3.94. The third kappa shape index (κ3) is 4.37. The highest BCUT2D eigenvalue weighted by Gasteiger charge is 2.21. The molecule has 0 bridgehead atoms. The lowest BCUT2D eigenvalue weighted by Crippen LogP contribution is -2.31. The molecule has 0 atom stereocenters. The van der Waals surface area contributed by atoms with Gasteiger partial charge in [0.2, 0.25) is 6.79 Å². The molecule has 0 unspecified atom stereocenters. The molecule has 0 aliphatic carbocycles. The molecule has 32 heavy (non-hydrogen) atoms. The molecule has 4 aromatic rings. The quantitative estimate of drug-likeness (QED) is 0.414. The fraction of sp³-hybridized carbons (Fsp3) is 0.148. The summed E-state index contributed by atoms with van der Waals surface area (Å²) < 4.78 is 13.1. The van der Waals surface area contributed by atoms with Crippen molar-refractivity contribution in [2.75, 3.05) is 6.79 Å². The maximum Gasteiger partial charge on any atom is 0.254 e. The van der Waals surface area contributed by atoms with Gasteiger partial charge in [0.25, 0.3) is 5.91 Å². The first-order valence-corrected chi connectivity index (χ1v) is 10.7. The van der Waals surface area contributed by atoms with Gasteiger partial charge in [-0.15, -0.1) is 0 Å². The molecule has 5 heteroatoms. The van der Waals surface area contributed by atoms with Gasteiger partial charge in [-0.05, 0) is 41.5 Å². The Morgan fingerprint density at radius 3 is 2.28 bits per heavy atom. The number of carbonyl (C=O) groups excluding carboxylic acids is 1. The number of amides is 1. The number of hydrogen-bond acceptors (Lipinski definition) is 3. The largest absolute Gasteiger partial charge is 0.454 e. The van der Waals surface area contributed by atoms with Crippen molar-refractivity contribution >= 4 is 5.91 Å². The zero-order chi connectivity index (χ0) is 21.8. The lowest BCUT2D eigenvalue weighted by Gasteiger charge is -2.24. The third-order valence-corrected chi connectivity index (χ3v) is 5.60. The molecule has 5 nitrogen and oxygen atoms in total. The topological polar surface area (TPSA) is 43.7 Å². The molecule has 0 fully saturated rings. The van der Waals surface area contributed by atoms with E-state index in [-0.39, 0.29) is 12.7 Å². The summed E-state index contributed by atoms with van der Waals surface area (Å²) in [5.41, 5.74) is 3.98. The molecule has 1 aliphatic rings.